The summed E-state index contributed by atoms with van der Waals surface area (Å²) in [5, 5.41) is 8.99. The van der Waals surface area contributed by atoms with Crippen molar-refractivity contribution in [2.45, 2.75) is 25.5 Å². The van der Waals surface area contributed by atoms with Crippen molar-refractivity contribution in [2.75, 3.05) is 12.4 Å². The zero-order valence-electron chi connectivity index (χ0n) is 12.1. The molecule has 0 atom stereocenters. The number of aromatic nitrogens is 3. The van der Waals surface area contributed by atoms with Gasteiger partial charge in [-0.1, -0.05) is 17.8 Å². The lowest BCUT2D eigenvalue weighted by Crippen LogP contribution is -2.06. The molecule has 0 aliphatic rings. The van der Waals surface area contributed by atoms with Crippen molar-refractivity contribution in [1.82, 2.24) is 14.8 Å². The Hall–Kier alpha value is -1.53. The van der Waals surface area contributed by atoms with Crippen LogP contribution in [0.5, 0.6) is 5.75 Å². The maximum Gasteiger partial charge on any atom is 0.191 e. The van der Waals surface area contributed by atoms with Crippen LogP contribution < -0.4 is 10.5 Å². The normalized spacial score (nSPS) is 10.8. The molecule has 108 valence electrons. The van der Waals surface area contributed by atoms with Gasteiger partial charge in [0, 0.05) is 12.8 Å². The fourth-order valence-corrected chi connectivity index (χ4v) is 2.49. The minimum atomic E-state index is 0.406. The second kappa shape index (κ2) is 6.76. The van der Waals surface area contributed by atoms with E-state index < -0.39 is 0 Å². The highest BCUT2D eigenvalue weighted by atomic mass is 32.2. The van der Waals surface area contributed by atoms with Crippen molar-refractivity contribution in [3.63, 3.8) is 0 Å². The van der Waals surface area contributed by atoms with Crippen LogP contribution in [-0.4, -0.2) is 27.1 Å². The summed E-state index contributed by atoms with van der Waals surface area (Å²) in [5.41, 5.74) is 8.09. The molecule has 0 aliphatic heterocycles. The zero-order chi connectivity index (χ0) is 14.5. The molecule has 0 radical (unpaired) electrons. The number of thioether (sulfide) groups is 1. The van der Waals surface area contributed by atoms with E-state index in [1.807, 2.05) is 17.7 Å². The van der Waals surface area contributed by atoms with Crippen LogP contribution in [-0.2, 0) is 13.6 Å². The highest BCUT2D eigenvalue weighted by molar-refractivity contribution is 7.99. The molecule has 1 aromatic carbocycles. The van der Waals surface area contributed by atoms with Gasteiger partial charge in [-0.2, -0.15) is 0 Å². The molecule has 2 N–H and O–H groups in total. The van der Waals surface area contributed by atoms with Crippen LogP contribution in [0.25, 0.3) is 0 Å². The Morgan fingerprint density at radius 1 is 1.25 bits per heavy atom. The second-order valence-corrected chi connectivity index (χ2v) is 5.67. The standard InChI is InChI=1S/C14H20N4OS/c1-10-4-5-12(8-11(10)2)19-6-7-20-14-17-16-13(9-15)18(14)3/h4-5,8H,6-7,9,15H2,1-3H3. The summed E-state index contributed by atoms with van der Waals surface area (Å²) in [5.74, 6) is 2.53. The molecule has 5 nitrogen and oxygen atoms in total. The lowest BCUT2D eigenvalue weighted by Gasteiger charge is -2.08. The fraction of sp³-hybridized carbons (Fsp3) is 0.429. The third-order valence-corrected chi connectivity index (χ3v) is 4.15. The molecule has 0 spiro atoms. The number of benzene rings is 1. The molecule has 0 unspecified atom stereocenters. The van der Waals surface area contributed by atoms with Crippen LogP contribution in [0.1, 0.15) is 17.0 Å². The molecule has 0 saturated carbocycles. The predicted octanol–water partition coefficient (Wildman–Crippen LogP) is 2.06. The number of aryl methyl sites for hydroxylation is 2. The molecule has 2 aromatic rings. The number of hydrogen-bond acceptors (Lipinski definition) is 5. The Labute approximate surface area is 123 Å². The van der Waals surface area contributed by atoms with Gasteiger partial charge in [0.15, 0.2) is 5.16 Å². The van der Waals surface area contributed by atoms with Gasteiger partial charge in [0.1, 0.15) is 11.6 Å². The molecule has 2 rings (SSSR count). The number of nitrogens with zero attached hydrogens (tertiary/aromatic N) is 3. The summed E-state index contributed by atoms with van der Waals surface area (Å²) in [4.78, 5) is 0. The van der Waals surface area contributed by atoms with Gasteiger partial charge in [0.2, 0.25) is 0 Å². The average molecular weight is 292 g/mol. The monoisotopic (exact) mass is 292 g/mol. The molecular weight excluding hydrogens is 272 g/mol. The van der Waals surface area contributed by atoms with E-state index in [9.17, 15) is 0 Å². The molecule has 0 saturated heterocycles. The summed E-state index contributed by atoms with van der Waals surface area (Å²) < 4.78 is 7.65. The SMILES string of the molecule is Cc1ccc(OCCSc2nnc(CN)n2C)cc1C. The van der Waals surface area contributed by atoms with E-state index in [4.69, 9.17) is 10.5 Å². The Kier molecular flexibility index (Phi) is 5.03. The van der Waals surface area contributed by atoms with Gasteiger partial charge in [-0.3, -0.25) is 0 Å². The summed E-state index contributed by atoms with van der Waals surface area (Å²) in [6, 6.07) is 6.14. The zero-order valence-corrected chi connectivity index (χ0v) is 12.9. The Bertz CT molecular complexity index is 583. The third-order valence-electron chi connectivity index (χ3n) is 3.17. The van der Waals surface area contributed by atoms with Crippen LogP contribution in [0.3, 0.4) is 0 Å². The van der Waals surface area contributed by atoms with Gasteiger partial charge in [-0.05, 0) is 37.1 Å². The maximum absolute atomic E-state index is 5.73. The lowest BCUT2D eigenvalue weighted by atomic mass is 10.1. The third kappa shape index (κ3) is 3.52. The first kappa shape index (κ1) is 14.9. The summed E-state index contributed by atoms with van der Waals surface area (Å²) in [6.45, 7) is 5.23. The first-order chi connectivity index (χ1) is 9.61. The highest BCUT2D eigenvalue weighted by Gasteiger charge is 2.07. The average Bonchev–Trinajstić information content (AvgIpc) is 2.79. The number of nitrogens with two attached hydrogens (primary N) is 1. The lowest BCUT2D eigenvalue weighted by molar-refractivity contribution is 0.343. The molecule has 0 aliphatic carbocycles. The van der Waals surface area contributed by atoms with Gasteiger partial charge in [0.05, 0.1) is 13.2 Å². The topological polar surface area (TPSA) is 66.0 Å². The van der Waals surface area contributed by atoms with E-state index in [1.165, 1.54) is 11.1 Å². The van der Waals surface area contributed by atoms with E-state index >= 15 is 0 Å². The van der Waals surface area contributed by atoms with Crippen molar-refractivity contribution in [2.24, 2.45) is 12.8 Å². The Morgan fingerprint density at radius 2 is 2.05 bits per heavy atom. The summed E-state index contributed by atoms with van der Waals surface area (Å²) in [7, 11) is 1.93. The second-order valence-electron chi connectivity index (χ2n) is 4.60. The molecule has 0 amide bonds. The van der Waals surface area contributed by atoms with Gasteiger partial charge < -0.3 is 15.0 Å². The first-order valence-electron chi connectivity index (χ1n) is 6.53. The van der Waals surface area contributed by atoms with Crippen molar-refractivity contribution < 1.29 is 4.74 Å². The molecule has 1 heterocycles. The Balaban J connectivity index is 1.81. The van der Waals surface area contributed by atoms with Crippen LogP contribution in [0, 0.1) is 13.8 Å². The minimum absolute atomic E-state index is 0.406. The number of hydrogen-bond donors (Lipinski definition) is 1. The smallest absolute Gasteiger partial charge is 0.191 e. The van der Waals surface area contributed by atoms with Crippen LogP contribution in [0.15, 0.2) is 23.4 Å². The van der Waals surface area contributed by atoms with E-state index in [2.05, 4.69) is 36.2 Å². The van der Waals surface area contributed by atoms with Gasteiger partial charge in [0.25, 0.3) is 0 Å². The van der Waals surface area contributed by atoms with Gasteiger partial charge in [-0.15, -0.1) is 10.2 Å². The molecule has 6 heteroatoms. The number of ether oxygens (including phenoxy) is 1. The summed E-state index contributed by atoms with van der Waals surface area (Å²) in [6.07, 6.45) is 0. The van der Waals surface area contributed by atoms with Crippen molar-refractivity contribution in [1.29, 1.82) is 0 Å². The van der Waals surface area contributed by atoms with E-state index in [0.29, 0.717) is 13.2 Å². The number of rotatable bonds is 6. The largest absolute Gasteiger partial charge is 0.493 e. The van der Waals surface area contributed by atoms with Crippen molar-refractivity contribution in [3.8, 4) is 5.75 Å². The van der Waals surface area contributed by atoms with Crippen LogP contribution >= 0.6 is 11.8 Å². The van der Waals surface area contributed by atoms with Crippen molar-refractivity contribution in [3.05, 3.63) is 35.2 Å². The molecular formula is C14H20N4OS. The van der Waals surface area contributed by atoms with E-state index in [0.717, 1.165) is 22.5 Å². The quantitative estimate of drug-likeness (QED) is 0.652. The van der Waals surface area contributed by atoms with E-state index in [1.54, 1.807) is 11.8 Å². The first-order valence-corrected chi connectivity index (χ1v) is 7.51. The van der Waals surface area contributed by atoms with Crippen molar-refractivity contribution >= 4 is 11.8 Å². The minimum Gasteiger partial charge on any atom is -0.493 e. The van der Waals surface area contributed by atoms with Gasteiger partial charge in [-0.25, -0.2) is 0 Å². The van der Waals surface area contributed by atoms with Crippen LogP contribution in [0.4, 0.5) is 0 Å². The molecule has 0 fully saturated rings. The molecule has 0 bridgehead atoms. The van der Waals surface area contributed by atoms with Gasteiger partial charge >= 0.3 is 0 Å². The maximum atomic E-state index is 5.73. The summed E-state index contributed by atoms with van der Waals surface area (Å²) >= 11 is 1.62. The predicted molar refractivity (Wildman–Crippen MR) is 81.0 cm³/mol. The molecule has 20 heavy (non-hydrogen) atoms. The molecule has 1 aromatic heterocycles. The van der Waals surface area contributed by atoms with Crippen LogP contribution in [0.2, 0.25) is 0 Å². The highest BCUT2D eigenvalue weighted by Crippen LogP contribution is 2.18. The fourth-order valence-electron chi connectivity index (χ4n) is 1.74. The Morgan fingerprint density at radius 3 is 2.70 bits per heavy atom. The van der Waals surface area contributed by atoms with E-state index in [-0.39, 0.29) is 0 Å².